The Morgan fingerprint density at radius 1 is 0.679 bits per heavy atom. The fourth-order valence-electron chi connectivity index (χ4n) is 5.24. The first kappa shape index (κ1) is 45.1. The first-order chi connectivity index (χ1) is 26.4. The number of halogens is 2. The van der Waals surface area contributed by atoms with E-state index in [-0.39, 0.29) is 31.8 Å². The summed E-state index contributed by atoms with van der Waals surface area (Å²) in [5, 5.41) is 23.0. The van der Waals surface area contributed by atoms with Crippen LogP contribution in [0.4, 0.5) is 4.79 Å². The minimum absolute atomic E-state index is 0.0173. The molecule has 302 valence electrons. The van der Waals surface area contributed by atoms with E-state index in [1.54, 1.807) is 93.6 Å². The lowest BCUT2D eigenvalue weighted by Gasteiger charge is -2.23. The number of carbonyl (C=O) groups excluding carboxylic acids is 5. The number of carbonyl (C=O) groups is 6. The molecule has 0 fully saturated rings. The van der Waals surface area contributed by atoms with Crippen molar-refractivity contribution in [3.8, 4) is 5.75 Å². The zero-order chi connectivity index (χ0) is 41.4. The molecule has 0 bridgehead atoms. The molecule has 3 rings (SSSR count). The highest BCUT2D eigenvalue weighted by Gasteiger charge is 2.28. The molecule has 0 aliphatic rings. The van der Waals surface area contributed by atoms with Crippen LogP contribution in [0, 0.1) is 5.92 Å². The zero-order valence-electron chi connectivity index (χ0n) is 31.9. The summed E-state index contributed by atoms with van der Waals surface area (Å²) < 4.78 is 11.2. The molecule has 3 atom stereocenters. The van der Waals surface area contributed by atoms with E-state index >= 15 is 0 Å². The maximum absolute atomic E-state index is 13.3. The van der Waals surface area contributed by atoms with E-state index in [2.05, 4.69) is 26.6 Å². The minimum atomic E-state index is -1.20. The predicted octanol–water partition coefficient (Wildman–Crippen LogP) is 4.58. The van der Waals surface area contributed by atoms with E-state index in [0.29, 0.717) is 32.5 Å². The Balaban J connectivity index is 1.60. The molecule has 0 aliphatic heterocycles. The Labute approximate surface area is 336 Å². The molecule has 0 radical (unpaired) electrons. The van der Waals surface area contributed by atoms with Crippen molar-refractivity contribution in [1.29, 1.82) is 0 Å². The fraction of sp³-hybridized carbons (Fsp3) is 0.400. The van der Waals surface area contributed by atoms with Gasteiger partial charge in [-0.15, -0.1) is 0 Å². The lowest BCUT2D eigenvalue weighted by atomic mass is 10.0. The summed E-state index contributed by atoms with van der Waals surface area (Å²) in [7, 11) is 0. The van der Waals surface area contributed by atoms with E-state index in [1.807, 2.05) is 13.8 Å². The van der Waals surface area contributed by atoms with E-state index in [1.165, 1.54) is 0 Å². The average Bonchev–Trinajstić information content (AvgIpc) is 3.12. The highest BCUT2D eigenvalue weighted by molar-refractivity contribution is 6.35. The SMILES string of the molecule is CC(C)C[C@H](NC(=O)[C@H](Cc1ccccc1)NC(=O)CNC(=O)CNC(=O)[C@H](Cc1ccc(OCc2c(Cl)cccc2Cl)cc1)NC(=O)OC(C)(C)C)C(=O)O. The molecule has 6 N–H and O–H groups in total. The van der Waals surface area contributed by atoms with Gasteiger partial charge in [-0.3, -0.25) is 19.2 Å². The number of benzene rings is 3. The average molecular weight is 815 g/mol. The number of nitrogens with one attached hydrogen (secondary N) is 5. The van der Waals surface area contributed by atoms with E-state index in [9.17, 15) is 33.9 Å². The van der Waals surface area contributed by atoms with Crippen LogP contribution in [0.1, 0.15) is 57.7 Å². The number of aliphatic carboxylic acids is 1. The van der Waals surface area contributed by atoms with Crippen molar-refractivity contribution < 1.29 is 43.3 Å². The Morgan fingerprint density at radius 3 is 1.82 bits per heavy atom. The molecule has 0 spiro atoms. The van der Waals surface area contributed by atoms with Crippen LogP contribution >= 0.6 is 23.2 Å². The Bertz CT molecular complexity index is 1800. The second-order valence-electron chi connectivity index (χ2n) is 14.4. The number of hydrogen-bond donors (Lipinski definition) is 6. The molecule has 16 heteroatoms. The van der Waals surface area contributed by atoms with Crippen molar-refractivity contribution >= 4 is 58.9 Å². The third-order valence-electron chi connectivity index (χ3n) is 7.94. The standard InChI is InChI=1S/C40H49Cl2N5O9/c1-24(2)18-33(38(52)53)46-37(51)32(19-25-10-7-6-8-11-25)45-35(49)22-43-34(48)21-44-36(50)31(47-39(54)56-40(3,4)5)20-26-14-16-27(17-15-26)55-23-28-29(41)12-9-13-30(28)42/h6-17,24,31-33H,18-23H2,1-5H3,(H,43,48)(H,44,50)(H,45,49)(H,46,51)(H,47,54)(H,52,53)/t31-,32-,33-/m0/s1. The lowest BCUT2D eigenvalue weighted by molar-refractivity contribution is -0.142. The quantitative estimate of drug-likeness (QED) is 0.100. The lowest BCUT2D eigenvalue weighted by Crippen LogP contribution is -2.54. The van der Waals surface area contributed by atoms with E-state index in [0.717, 1.165) is 0 Å². The molecule has 0 saturated heterocycles. The monoisotopic (exact) mass is 813 g/mol. The van der Waals surface area contributed by atoms with Gasteiger partial charge in [-0.2, -0.15) is 0 Å². The van der Waals surface area contributed by atoms with E-state index in [4.69, 9.17) is 32.7 Å². The summed E-state index contributed by atoms with van der Waals surface area (Å²) in [5.41, 5.74) is 1.15. The van der Waals surface area contributed by atoms with Gasteiger partial charge in [-0.05, 0) is 68.5 Å². The van der Waals surface area contributed by atoms with Crippen molar-refractivity contribution in [3.63, 3.8) is 0 Å². The van der Waals surface area contributed by atoms with Crippen molar-refractivity contribution in [1.82, 2.24) is 26.6 Å². The molecule has 14 nitrogen and oxygen atoms in total. The van der Waals surface area contributed by atoms with Gasteiger partial charge in [-0.1, -0.05) is 85.6 Å². The molecular weight excluding hydrogens is 765 g/mol. The molecule has 0 saturated carbocycles. The Kier molecular flexibility index (Phi) is 17.4. The number of hydrogen-bond acceptors (Lipinski definition) is 8. The molecule has 0 unspecified atom stereocenters. The molecule has 3 aromatic rings. The highest BCUT2D eigenvalue weighted by Crippen LogP contribution is 2.26. The topological polar surface area (TPSA) is 201 Å². The van der Waals surface area contributed by atoms with Crippen LogP contribution in [0.2, 0.25) is 10.0 Å². The summed E-state index contributed by atoms with van der Waals surface area (Å²) in [6, 6.07) is 17.3. The van der Waals surface area contributed by atoms with Crippen LogP contribution in [0.3, 0.4) is 0 Å². The zero-order valence-corrected chi connectivity index (χ0v) is 33.5. The van der Waals surface area contributed by atoms with Gasteiger partial charge in [0.2, 0.25) is 23.6 Å². The van der Waals surface area contributed by atoms with Gasteiger partial charge in [0, 0.05) is 28.5 Å². The van der Waals surface area contributed by atoms with Crippen molar-refractivity contribution in [3.05, 3.63) is 99.5 Å². The maximum atomic E-state index is 13.3. The van der Waals surface area contributed by atoms with Crippen molar-refractivity contribution in [2.45, 2.75) is 84.2 Å². The normalized spacial score (nSPS) is 12.7. The Morgan fingerprint density at radius 2 is 1.25 bits per heavy atom. The fourth-order valence-corrected chi connectivity index (χ4v) is 5.75. The summed E-state index contributed by atoms with van der Waals surface area (Å²) in [5.74, 6) is -3.54. The van der Waals surface area contributed by atoms with Crippen LogP contribution in [0.25, 0.3) is 0 Å². The number of ether oxygens (including phenoxy) is 2. The van der Waals surface area contributed by atoms with Crippen molar-refractivity contribution in [2.24, 2.45) is 5.92 Å². The van der Waals surface area contributed by atoms with Gasteiger partial charge in [0.05, 0.1) is 13.1 Å². The van der Waals surface area contributed by atoms with Gasteiger partial charge >= 0.3 is 12.1 Å². The van der Waals surface area contributed by atoms with Crippen LogP contribution in [-0.2, 0) is 48.2 Å². The number of rotatable bonds is 19. The molecule has 3 aromatic carbocycles. The first-order valence-corrected chi connectivity index (χ1v) is 18.7. The van der Waals surface area contributed by atoms with Crippen LogP contribution in [0.5, 0.6) is 5.75 Å². The van der Waals surface area contributed by atoms with Gasteiger partial charge in [0.25, 0.3) is 0 Å². The summed E-state index contributed by atoms with van der Waals surface area (Å²) in [6.07, 6.45) is -0.569. The number of amides is 5. The van der Waals surface area contributed by atoms with Gasteiger partial charge in [0.1, 0.15) is 36.1 Å². The number of carboxylic acids is 1. The third kappa shape index (κ3) is 16.2. The number of carboxylic acid groups (broad SMARTS) is 1. The van der Waals surface area contributed by atoms with Crippen LogP contribution in [0.15, 0.2) is 72.8 Å². The third-order valence-corrected chi connectivity index (χ3v) is 8.65. The maximum Gasteiger partial charge on any atom is 0.408 e. The second kappa shape index (κ2) is 21.7. The largest absolute Gasteiger partial charge is 0.489 e. The van der Waals surface area contributed by atoms with Gasteiger partial charge in [-0.25, -0.2) is 9.59 Å². The summed E-state index contributed by atoms with van der Waals surface area (Å²) in [6.45, 7) is 7.71. The minimum Gasteiger partial charge on any atom is -0.489 e. The van der Waals surface area contributed by atoms with Crippen LogP contribution in [-0.4, -0.2) is 77.6 Å². The second-order valence-corrected chi connectivity index (χ2v) is 15.2. The summed E-state index contributed by atoms with van der Waals surface area (Å²) in [4.78, 5) is 76.6. The Hall–Kier alpha value is -5.34. The summed E-state index contributed by atoms with van der Waals surface area (Å²) >= 11 is 12.5. The highest BCUT2D eigenvalue weighted by atomic mass is 35.5. The molecular formula is C40H49Cl2N5O9. The van der Waals surface area contributed by atoms with Crippen molar-refractivity contribution in [2.75, 3.05) is 13.1 Å². The molecule has 5 amide bonds. The van der Waals surface area contributed by atoms with E-state index < -0.39 is 72.5 Å². The predicted molar refractivity (Wildman–Crippen MR) is 211 cm³/mol. The van der Waals surface area contributed by atoms with Gasteiger partial charge in [0.15, 0.2) is 0 Å². The number of alkyl carbamates (subject to hydrolysis) is 1. The first-order valence-electron chi connectivity index (χ1n) is 17.9. The smallest absolute Gasteiger partial charge is 0.408 e. The molecule has 0 aromatic heterocycles. The molecule has 56 heavy (non-hydrogen) atoms. The van der Waals surface area contributed by atoms with Gasteiger partial charge < -0.3 is 41.2 Å². The molecule has 0 aliphatic carbocycles. The molecule has 0 heterocycles. The van der Waals surface area contributed by atoms with Crippen LogP contribution < -0.4 is 31.3 Å².